The van der Waals surface area contributed by atoms with Gasteiger partial charge in [-0.1, -0.05) is 30.3 Å². The molecule has 1 atom stereocenters. The quantitative estimate of drug-likeness (QED) is 0.636. The van der Waals surface area contributed by atoms with Crippen LogP contribution in [0.5, 0.6) is 0 Å². The van der Waals surface area contributed by atoms with Crippen molar-refractivity contribution in [3.8, 4) is 11.1 Å². The fourth-order valence-electron chi connectivity index (χ4n) is 4.57. The van der Waals surface area contributed by atoms with E-state index in [-0.39, 0.29) is 5.91 Å². The molecule has 6 rings (SSSR count). The van der Waals surface area contributed by atoms with Crippen molar-refractivity contribution < 1.29 is 9.59 Å². The summed E-state index contributed by atoms with van der Waals surface area (Å²) in [7, 11) is 0. The fraction of sp³-hybridized carbons (Fsp3) is 0.364. The molecule has 1 aliphatic carbocycles. The van der Waals surface area contributed by atoms with E-state index in [2.05, 4.69) is 33.0 Å². The molecule has 1 saturated carbocycles. The van der Waals surface area contributed by atoms with Gasteiger partial charge >= 0.3 is 6.03 Å². The van der Waals surface area contributed by atoms with Crippen LogP contribution in [-0.2, 0) is 4.79 Å². The van der Waals surface area contributed by atoms with Crippen LogP contribution in [0.4, 0.5) is 10.6 Å². The van der Waals surface area contributed by atoms with E-state index in [1.54, 1.807) is 11.3 Å². The van der Waals surface area contributed by atoms with E-state index in [1.807, 2.05) is 18.2 Å². The normalized spacial score (nSPS) is 23.8. The predicted octanol–water partition coefficient (Wildman–Crippen LogP) is 3.41. The molecule has 3 amide bonds. The number of nitrogens with zero attached hydrogens (tertiary/aromatic N) is 3. The summed E-state index contributed by atoms with van der Waals surface area (Å²) in [6, 6.07) is 9.87. The first kappa shape index (κ1) is 17.8. The number of aromatic nitrogens is 2. The monoisotopic (exact) mass is 419 g/mol. The van der Waals surface area contributed by atoms with Gasteiger partial charge in [0, 0.05) is 23.4 Å². The summed E-state index contributed by atoms with van der Waals surface area (Å²) < 4.78 is 0. The highest BCUT2D eigenvalue weighted by Gasteiger charge is 2.49. The zero-order chi connectivity index (χ0) is 20.3. The molecule has 2 N–H and O–H groups in total. The number of imide groups is 1. The van der Waals surface area contributed by atoms with Gasteiger partial charge in [-0.25, -0.2) is 14.8 Å². The lowest BCUT2D eigenvalue weighted by Crippen LogP contribution is -2.58. The van der Waals surface area contributed by atoms with Crippen molar-refractivity contribution in [3.05, 3.63) is 41.5 Å². The Morgan fingerprint density at radius 3 is 2.70 bits per heavy atom. The van der Waals surface area contributed by atoms with Crippen LogP contribution in [0.1, 0.15) is 37.4 Å². The largest absolute Gasteiger partial charge is 0.353 e. The number of piperidine rings is 1. The molecule has 3 fully saturated rings. The minimum atomic E-state index is -0.880. The molecule has 8 heteroatoms. The molecule has 1 spiro atoms. The van der Waals surface area contributed by atoms with Gasteiger partial charge in [-0.2, -0.15) is 0 Å². The number of fused-ring (bicyclic) bond motifs is 1. The van der Waals surface area contributed by atoms with Crippen LogP contribution in [0.25, 0.3) is 21.3 Å². The maximum Gasteiger partial charge on any atom is 0.322 e. The Kier molecular flexibility index (Phi) is 3.86. The topological polar surface area (TPSA) is 87.2 Å². The second-order valence-corrected chi connectivity index (χ2v) is 9.25. The third-order valence-electron chi connectivity index (χ3n) is 6.27. The first-order chi connectivity index (χ1) is 14.6. The molecule has 2 saturated heterocycles. The molecule has 7 nitrogen and oxygen atoms in total. The van der Waals surface area contributed by atoms with Gasteiger partial charge in [0.05, 0.1) is 11.9 Å². The summed E-state index contributed by atoms with van der Waals surface area (Å²) in [5.74, 6) is 1.98. The first-order valence-corrected chi connectivity index (χ1v) is 11.2. The molecular weight excluding hydrogens is 398 g/mol. The van der Waals surface area contributed by atoms with E-state index >= 15 is 0 Å². The number of thiophene rings is 1. The van der Waals surface area contributed by atoms with E-state index in [0.29, 0.717) is 18.9 Å². The molecule has 0 bridgehead atoms. The molecule has 1 aromatic carbocycles. The smallest absolute Gasteiger partial charge is 0.322 e. The van der Waals surface area contributed by atoms with Crippen molar-refractivity contribution in [3.63, 3.8) is 0 Å². The highest BCUT2D eigenvalue weighted by molar-refractivity contribution is 7.17. The molecule has 30 heavy (non-hydrogen) atoms. The maximum absolute atomic E-state index is 12.6. The summed E-state index contributed by atoms with van der Waals surface area (Å²) in [4.78, 5) is 37.5. The van der Waals surface area contributed by atoms with Crippen LogP contribution in [0, 0.1) is 0 Å². The Labute approximate surface area is 177 Å². The lowest BCUT2D eigenvalue weighted by molar-refractivity contribution is -0.124. The first-order valence-electron chi connectivity index (χ1n) is 10.4. The van der Waals surface area contributed by atoms with E-state index in [4.69, 9.17) is 9.97 Å². The zero-order valence-electron chi connectivity index (χ0n) is 16.4. The van der Waals surface area contributed by atoms with E-state index in [1.165, 1.54) is 0 Å². The number of hydrogen-bond donors (Lipinski definition) is 2. The molecule has 0 radical (unpaired) electrons. The van der Waals surface area contributed by atoms with Gasteiger partial charge in [-0.3, -0.25) is 10.1 Å². The molecular formula is C22H21N5O2S. The molecule has 1 unspecified atom stereocenters. The zero-order valence-corrected chi connectivity index (χ0v) is 17.2. The lowest BCUT2D eigenvalue weighted by atomic mass is 9.89. The number of urea groups is 1. The van der Waals surface area contributed by atoms with Crippen molar-refractivity contribution in [1.29, 1.82) is 0 Å². The summed E-state index contributed by atoms with van der Waals surface area (Å²) >= 11 is 1.64. The number of rotatable bonds is 3. The number of anilines is 1. The summed E-state index contributed by atoms with van der Waals surface area (Å²) in [5, 5.41) is 8.48. The molecule has 2 aromatic heterocycles. The molecule has 3 aliphatic rings. The summed E-state index contributed by atoms with van der Waals surface area (Å²) in [6.45, 7) is 1.22. The van der Waals surface area contributed by atoms with Crippen molar-refractivity contribution in [2.75, 3.05) is 18.0 Å². The van der Waals surface area contributed by atoms with Gasteiger partial charge in [0.15, 0.2) is 0 Å². The van der Waals surface area contributed by atoms with Crippen LogP contribution < -0.4 is 15.5 Å². The number of carbonyl (C=O) groups excluding carboxylic acids is 2. The van der Waals surface area contributed by atoms with Crippen LogP contribution in [-0.4, -0.2) is 40.5 Å². The van der Waals surface area contributed by atoms with Crippen LogP contribution in [0.3, 0.4) is 0 Å². The van der Waals surface area contributed by atoms with Gasteiger partial charge in [0.1, 0.15) is 22.0 Å². The van der Waals surface area contributed by atoms with Crippen molar-refractivity contribution in [1.82, 2.24) is 20.6 Å². The van der Waals surface area contributed by atoms with Crippen molar-refractivity contribution in [2.45, 2.75) is 37.1 Å². The number of carbonyl (C=O) groups is 2. The standard InChI is InChI=1S/C22H21N5O2S/c28-20-22(26-21(29)25-20)9-4-10-27(12-22)18-16-15(13-5-2-1-3-6-13)11-30-19(16)24-17(23-18)14-7-8-14/h1-3,5-6,11,14H,4,7-10,12H2,(H2,25,26,28,29). The van der Waals surface area contributed by atoms with Crippen LogP contribution in [0.15, 0.2) is 35.7 Å². The Morgan fingerprint density at radius 1 is 1.13 bits per heavy atom. The van der Waals surface area contributed by atoms with Crippen molar-refractivity contribution >= 4 is 39.3 Å². The second kappa shape index (κ2) is 6.50. The van der Waals surface area contributed by atoms with Gasteiger partial charge in [0.25, 0.3) is 5.91 Å². The molecule has 2 aliphatic heterocycles. The van der Waals surface area contributed by atoms with Crippen LogP contribution in [0.2, 0.25) is 0 Å². The number of amides is 3. The Bertz CT molecular complexity index is 1170. The maximum atomic E-state index is 12.6. The lowest BCUT2D eigenvalue weighted by Gasteiger charge is -2.39. The molecule has 152 valence electrons. The highest BCUT2D eigenvalue weighted by atomic mass is 32.1. The molecule has 4 heterocycles. The van der Waals surface area contributed by atoms with Gasteiger partial charge < -0.3 is 10.2 Å². The molecule has 3 aromatic rings. The van der Waals surface area contributed by atoms with E-state index in [0.717, 1.165) is 58.8 Å². The van der Waals surface area contributed by atoms with E-state index in [9.17, 15) is 9.59 Å². The average molecular weight is 420 g/mol. The Morgan fingerprint density at radius 2 is 1.97 bits per heavy atom. The minimum absolute atomic E-state index is 0.237. The number of nitrogens with one attached hydrogen (secondary N) is 2. The SMILES string of the molecule is O=C1NC(=O)C2(CCCN(c3nc(C4CC4)nc4scc(-c5ccccc5)c34)C2)N1. The van der Waals surface area contributed by atoms with Gasteiger partial charge in [-0.05, 0) is 31.2 Å². The minimum Gasteiger partial charge on any atom is -0.353 e. The fourth-order valence-corrected chi connectivity index (χ4v) is 5.52. The second-order valence-electron chi connectivity index (χ2n) is 8.39. The predicted molar refractivity (Wildman–Crippen MR) is 116 cm³/mol. The van der Waals surface area contributed by atoms with Crippen LogP contribution >= 0.6 is 11.3 Å². The third-order valence-corrected chi connectivity index (χ3v) is 7.14. The summed E-state index contributed by atoms with van der Waals surface area (Å²) in [6.07, 6.45) is 3.71. The summed E-state index contributed by atoms with van der Waals surface area (Å²) in [5.41, 5.74) is 1.37. The number of benzene rings is 1. The Balaban J connectivity index is 1.50. The van der Waals surface area contributed by atoms with Gasteiger partial charge in [0.2, 0.25) is 0 Å². The van der Waals surface area contributed by atoms with E-state index < -0.39 is 11.6 Å². The Hall–Kier alpha value is -3.00. The van der Waals surface area contributed by atoms with Crippen molar-refractivity contribution in [2.24, 2.45) is 0 Å². The number of hydrogen-bond acceptors (Lipinski definition) is 6. The third kappa shape index (κ3) is 2.78. The average Bonchev–Trinajstić information content (AvgIpc) is 3.46. The highest BCUT2D eigenvalue weighted by Crippen LogP contribution is 2.44. The van der Waals surface area contributed by atoms with Gasteiger partial charge in [-0.15, -0.1) is 11.3 Å².